The fraction of sp³-hybridized carbons (Fsp3) is 0.0204. The summed E-state index contributed by atoms with van der Waals surface area (Å²) in [5.41, 5.74) is 12.9. The lowest BCUT2D eigenvalue weighted by molar-refractivity contribution is 1.17. The van der Waals surface area contributed by atoms with E-state index in [1.165, 1.54) is 110 Å². The molecule has 0 saturated carbocycles. The number of nitrogens with zero attached hydrogens (tertiary/aromatic N) is 2. The first-order chi connectivity index (χ1) is 25.3. The second-order valence-corrected chi connectivity index (χ2v) is 14.1. The fourth-order valence-electron chi connectivity index (χ4n) is 9.33. The van der Waals surface area contributed by atoms with Gasteiger partial charge in [0.1, 0.15) is 0 Å². The van der Waals surface area contributed by atoms with E-state index >= 15 is 0 Å². The van der Waals surface area contributed by atoms with Gasteiger partial charge in [0.25, 0.3) is 0 Å². The molecule has 2 heteroatoms. The molecule has 0 spiro atoms. The van der Waals surface area contributed by atoms with E-state index in [1.54, 1.807) is 0 Å². The van der Waals surface area contributed by atoms with Crippen molar-refractivity contribution in [3.8, 4) is 22.5 Å². The van der Waals surface area contributed by atoms with E-state index in [9.17, 15) is 0 Å². The summed E-state index contributed by atoms with van der Waals surface area (Å²) in [5, 5.41) is 12.9. The average Bonchev–Trinajstić information content (AvgIpc) is 3.85. The molecule has 11 aromatic rings. The summed E-state index contributed by atoms with van der Waals surface area (Å²) in [7, 11) is 0. The van der Waals surface area contributed by atoms with Crippen molar-refractivity contribution < 1.29 is 0 Å². The zero-order valence-electron chi connectivity index (χ0n) is 27.8. The Balaban J connectivity index is 1.24. The highest BCUT2D eigenvalue weighted by atomic mass is 15.0. The van der Waals surface area contributed by atoms with Gasteiger partial charge >= 0.3 is 0 Å². The number of para-hydroxylation sites is 2. The molecule has 0 atom stereocenters. The SMILES string of the molecule is c1ccc(-n2c3c4ccccc4ccc3c3c4c(c5ccccc5c32)Cc2ccc(-n3c5ccccc5c5cc6ccccc6cc53)cc2-4)cc1. The van der Waals surface area contributed by atoms with E-state index in [1.807, 2.05) is 0 Å². The Morgan fingerprint density at radius 3 is 1.90 bits per heavy atom. The standard InChI is InChI=1S/C49H30N2/c1-2-15-34(16-3-1)51-48-36-17-7-6-12-30(36)23-25-40(48)47-46-41-29-35(24-22-33(41)27-43(46)37-18-8-9-20-39(37)49(47)51)50-44-21-11-10-19-38(44)42-26-31-13-4-5-14-32(31)28-45(42)50/h1-26,28-29H,27H2. The minimum absolute atomic E-state index is 0.921. The molecule has 0 saturated heterocycles. The van der Waals surface area contributed by atoms with Crippen LogP contribution in [0.1, 0.15) is 11.1 Å². The van der Waals surface area contributed by atoms with Gasteiger partial charge in [0.05, 0.1) is 22.1 Å². The van der Waals surface area contributed by atoms with Gasteiger partial charge < -0.3 is 9.13 Å². The van der Waals surface area contributed by atoms with Crippen LogP contribution in [0.4, 0.5) is 0 Å². The quantitative estimate of drug-likeness (QED) is 0.177. The van der Waals surface area contributed by atoms with Crippen molar-refractivity contribution >= 4 is 75.9 Å². The molecule has 236 valence electrons. The van der Waals surface area contributed by atoms with Gasteiger partial charge in [0.2, 0.25) is 0 Å². The van der Waals surface area contributed by atoms with Gasteiger partial charge in [-0.15, -0.1) is 0 Å². The Kier molecular flexibility index (Phi) is 5.32. The van der Waals surface area contributed by atoms with E-state index in [4.69, 9.17) is 0 Å². The van der Waals surface area contributed by atoms with Crippen LogP contribution < -0.4 is 0 Å². The Bertz CT molecular complexity index is 3270. The number of aromatic nitrogens is 2. The predicted octanol–water partition coefficient (Wildman–Crippen LogP) is 12.9. The van der Waals surface area contributed by atoms with Gasteiger partial charge in [-0.1, -0.05) is 127 Å². The summed E-state index contributed by atoms with van der Waals surface area (Å²) in [5.74, 6) is 0. The molecular weight excluding hydrogens is 617 g/mol. The Morgan fingerprint density at radius 2 is 1.06 bits per heavy atom. The van der Waals surface area contributed by atoms with Gasteiger partial charge in [-0.25, -0.2) is 0 Å². The molecule has 0 amide bonds. The first-order valence-electron chi connectivity index (χ1n) is 17.8. The third-order valence-corrected chi connectivity index (χ3v) is 11.5. The van der Waals surface area contributed by atoms with Crippen LogP contribution in [0.5, 0.6) is 0 Å². The number of hydrogen-bond donors (Lipinski definition) is 0. The first-order valence-corrected chi connectivity index (χ1v) is 17.8. The zero-order valence-corrected chi connectivity index (χ0v) is 27.8. The lowest BCUT2D eigenvalue weighted by atomic mass is 9.93. The predicted molar refractivity (Wildman–Crippen MR) is 216 cm³/mol. The van der Waals surface area contributed by atoms with E-state index < -0.39 is 0 Å². The molecule has 1 aliphatic rings. The highest BCUT2D eigenvalue weighted by Crippen LogP contribution is 2.51. The van der Waals surface area contributed by atoms with Gasteiger partial charge in [0.15, 0.2) is 0 Å². The molecule has 0 fully saturated rings. The van der Waals surface area contributed by atoms with Crippen molar-refractivity contribution in [2.24, 2.45) is 0 Å². The lowest BCUT2D eigenvalue weighted by Crippen LogP contribution is -1.96. The van der Waals surface area contributed by atoms with Gasteiger partial charge in [0, 0.05) is 43.7 Å². The monoisotopic (exact) mass is 646 g/mol. The van der Waals surface area contributed by atoms with Gasteiger partial charge in [-0.05, 0) is 92.7 Å². The van der Waals surface area contributed by atoms with Crippen LogP contribution in [0.2, 0.25) is 0 Å². The minimum Gasteiger partial charge on any atom is -0.309 e. The largest absolute Gasteiger partial charge is 0.309 e. The highest BCUT2D eigenvalue weighted by Gasteiger charge is 2.29. The van der Waals surface area contributed by atoms with Crippen molar-refractivity contribution in [2.45, 2.75) is 6.42 Å². The Labute approximate surface area is 294 Å². The van der Waals surface area contributed by atoms with Crippen molar-refractivity contribution in [3.63, 3.8) is 0 Å². The average molecular weight is 647 g/mol. The van der Waals surface area contributed by atoms with Gasteiger partial charge in [-0.3, -0.25) is 0 Å². The number of fused-ring (bicyclic) bond motifs is 16. The summed E-state index contributed by atoms with van der Waals surface area (Å²) in [6.45, 7) is 0. The van der Waals surface area contributed by atoms with E-state index in [0.717, 1.165) is 6.42 Å². The number of benzene rings is 9. The second-order valence-electron chi connectivity index (χ2n) is 14.1. The van der Waals surface area contributed by atoms with Crippen LogP contribution in [-0.2, 0) is 6.42 Å². The molecule has 12 rings (SSSR count). The molecule has 51 heavy (non-hydrogen) atoms. The number of rotatable bonds is 2. The third kappa shape index (κ3) is 3.61. The van der Waals surface area contributed by atoms with Crippen LogP contribution in [0.15, 0.2) is 170 Å². The maximum atomic E-state index is 2.54. The van der Waals surface area contributed by atoms with Crippen molar-refractivity contribution in [1.82, 2.24) is 9.13 Å². The van der Waals surface area contributed by atoms with Crippen LogP contribution in [0.25, 0.3) is 98.4 Å². The normalized spacial score (nSPS) is 12.6. The van der Waals surface area contributed by atoms with Crippen LogP contribution in [0.3, 0.4) is 0 Å². The Hall–Kier alpha value is -6.64. The molecule has 2 nitrogen and oxygen atoms in total. The van der Waals surface area contributed by atoms with Crippen molar-refractivity contribution in [3.05, 3.63) is 181 Å². The van der Waals surface area contributed by atoms with E-state index in [0.29, 0.717) is 0 Å². The molecule has 0 unspecified atom stereocenters. The maximum absolute atomic E-state index is 2.54. The molecule has 0 bridgehead atoms. The summed E-state index contributed by atoms with van der Waals surface area (Å²) < 4.78 is 5.02. The summed E-state index contributed by atoms with van der Waals surface area (Å²) in [4.78, 5) is 0. The second kappa shape index (κ2) is 9.97. The van der Waals surface area contributed by atoms with Crippen molar-refractivity contribution in [2.75, 3.05) is 0 Å². The molecule has 0 aliphatic heterocycles. The molecule has 9 aromatic carbocycles. The minimum atomic E-state index is 0.921. The van der Waals surface area contributed by atoms with E-state index in [2.05, 4.69) is 179 Å². The molecule has 2 heterocycles. The zero-order chi connectivity index (χ0) is 33.2. The number of hydrogen-bond acceptors (Lipinski definition) is 0. The molecule has 2 aromatic heterocycles. The van der Waals surface area contributed by atoms with Gasteiger partial charge in [-0.2, -0.15) is 0 Å². The lowest BCUT2D eigenvalue weighted by Gasteiger charge is -2.14. The summed E-state index contributed by atoms with van der Waals surface area (Å²) in [6, 6.07) is 63.0. The molecule has 1 aliphatic carbocycles. The summed E-state index contributed by atoms with van der Waals surface area (Å²) >= 11 is 0. The van der Waals surface area contributed by atoms with E-state index in [-0.39, 0.29) is 0 Å². The smallest absolute Gasteiger partial charge is 0.0626 e. The third-order valence-electron chi connectivity index (χ3n) is 11.5. The molecule has 0 N–H and O–H groups in total. The van der Waals surface area contributed by atoms with Crippen LogP contribution in [0, 0.1) is 0 Å². The van der Waals surface area contributed by atoms with Crippen molar-refractivity contribution in [1.29, 1.82) is 0 Å². The first kappa shape index (κ1) is 27.2. The highest BCUT2D eigenvalue weighted by molar-refractivity contribution is 6.29. The van der Waals surface area contributed by atoms with Crippen LogP contribution in [-0.4, -0.2) is 9.13 Å². The topological polar surface area (TPSA) is 9.86 Å². The van der Waals surface area contributed by atoms with Crippen LogP contribution >= 0.6 is 0 Å². The summed E-state index contributed by atoms with van der Waals surface area (Å²) in [6.07, 6.45) is 0.921. The molecular formula is C49H30N2. The Morgan fingerprint density at radius 1 is 0.373 bits per heavy atom. The maximum Gasteiger partial charge on any atom is 0.0626 e. The molecule has 0 radical (unpaired) electrons. The fourth-order valence-corrected chi connectivity index (χ4v) is 9.33.